The van der Waals surface area contributed by atoms with E-state index in [1.807, 2.05) is 32.9 Å². The lowest BCUT2D eigenvalue weighted by Crippen LogP contribution is -2.23. The summed E-state index contributed by atoms with van der Waals surface area (Å²) in [5, 5.41) is 3.88. The standard InChI is InChI=1S/C20H25N3O2/c1-14-10-16(7-6-15-4-5-15)8-9-17(14)18(23-21)11-22-12-19-24-13-20(2,3)25-19/h8-11,15,19H,4-5,12-13,21H2,1-3H3/b22-11?,23-18+. The molecule has 0 aromatic heterocycles. The minimum absolute atomic E-state index is 0.251. The van der Waals surface area contributed by atoms with E-state index in [1.54, 1.807) is 6.21 Å². The molecule has 1 aromatic carbocycles. The van der Waals surface area contributed by atoms with E-state index in [0.717, 1.165) is 16.7 Å². The van der Waals surface area contributed by atoms with Crippen LogP contribution in [0.2, 0.25) is 0 Å². The van der Waals surface area contributed by atoms with Gasteiger partial charge in [0.1, 0.15) is 5.71 Å². The van der Waals surface area contributed by atoms with Gasteiger partial charge in [0, 0.05) is 23.3 Å². The van der Waals surface area contributed by atoms with Gasteiger partial charge in [0.15, 0.2) is 6.29 Å². The number of ether oxygens (including phenoxy) is 2. The molecule has 1 atom stereocenters. The van der Waals surface area contributed by atoms with E-state index >= 15 is 0 Å². The van der Waals surface area contributed by atoms with Gasteiger partial charge in [-0.1, -0.05) is 17.9 Å². The molecule has 25 heavy (non-hydrogen) atoms. The van der Waals surface area contributed by atoms with E-state index in [1.165, 1.54) is 12.8 Å². The lowest BCUT2D eigenvalue weighted by molar-refractivity contribution is -0.0702. The molecule has 0 bridgehead atoms. The van der Waals surface area contributed by atoms with Gasteiger partial charge >= 0.3 is 0 Å². The van der Waals surface area contributed by atoms with Crippen LogP contribution in [0.5, 0.6) is 0 Å². The Morgan fingerprint density at radius 3 is 2.80 bits per heavy atom. The van der Waals surface area contributed by atoms with Crippen molar-refractivity contribution in [3.63, 3.8) is 0 Å². The largest absolute Gasteiger partial charge is 0.348 e. The van der Waals surface area contributed by atoms with E-state index in [2.05, 4.69) is 28.0 Å². The Hall–Kier alpha value is -2.16. The Bertz CT molecular complexity index is 752. The summed E-state index contributed by atoms with van der Waals surface area (Å²) in [4.78, 5) is 4.38. The smallest absolute Gasteiger partial charge is 0.177 e. The highest BCUT2D eigenvalue weighted by molar-refractivity contribution is 6.38. The van der Waals surface area contributed by atoms with E-state index in [-0.39, 0.29) is 11.9 Å². The summed E-state index contributed by atoms with van der Waals surface area (Å²) in [7, 11) is 0. The number of hydrazone groups is 1. The predicted octanol–water partition coefficient (Wildman–Crippen LogP) is 2.64. The van der Waals surface area contributed by atoms with Crippen LogP contribution in [0.4, 0.5) is 0 Å². The maximum atomic E-state index is 5.74. The van der Waals surface area contributed by atoms with Crippen LogP contribution >= 0.6 is 0 Å². The third kappa shape index (κ3) is 4.91. The monoisotopic (exact) mass is 339 g/mol. The van der Waals surface area contributed by atoms with Crippen molar-refractivity contribution in [2.75, 3.05) is 13.2 Å². The third-order valence-corrected chi connectivity index (χ3v) is 4.17. The van der Waals surface area contributed by atoms with Crippen molar-refractivity contribution in [3.8, 4) is 11.8 Å². The fraction of sp³-hybridized carbons (Fsp3) is 0.500. The Kier molecular flexibility index (Phi) is 5.22. The fourth-order valence-corrected chi connectivity index (χ4v) is 2.65. The average Bonchev–Trinajstić information content (AvgIpc) is 3.33. The molecule has 0 radical (unpaired) electrons. The predicted molar refractivity (Wildman–Crippen MR) is 99.8 cm³/mol. The number of nitrogens with zero attached hydrogens (tertiary/aromatic N) is 2. The molecular formula is C20H25N3O2. The Balaban J connectivity index is 1.64. The molecule has 3 rings (SSSR count). The zero-order chi connectivity index (χ0) is 17.9. The maximum absolute atomic E-state index is 5.74. The first-order valence-electron chi connectivity index (χ1n) is 8.66. The molecule has 2 N–H and O–H groups in total. The van der Waals surface area contributed by atoms with Gasteiger partial charge in [-0.05, 0) is 51.3 Å². The molecule has 2 aliphatic rings. The normalized spacial score (nSPS) is 22.8. The summed E-state index contributed by atoms with van der Waals surface area (Å²) >= 11 is 0. The van der Waals surface area contributed by atoms with Gasteiger partial charge in [0.2, 0.25) is 0 Å². The number of aliphatic imine (C=N–C) groups is 1. The molecule has 1 unspecified atom stereocenters. The molecule has 1 saturated carbocycles. The number of rotatable bonds is 4. The van der Waals surface area contributed by atoms with Crippen molar-refractivity contribution in [2.45, 2.75) is 45.5 Å². The molecule has 1 aromatic rings. The van der Waals surface area contributed by atoms with Crippen molar-refractivity contribution in [2.24, 2.45) is 21.9 Å². The Labute approximate surface area is 149 Å². The second-order valence-electron chi connectivity index (χ2n) is 7.20. The highest BCUT2D eigenvalue weighted by atomic mass is 16.7. The van der Waals surface area contributed by atoms with Crippen molar-refractivity contribution >= 4 is 11.9 Å². The van der Waals surface area contributed by atoms with Gasteiger partial charge in [-0.15, -0.1) is 0 Å². The summed E-state index contributed by atoms with van der Waals surface area (Å²) in [5.41, 5.74) is 3.44. The molecule has 2 fully saturated rings. The molecular weight excluding hydrogens is 314 g/mol. The first kappa shape index (κ1) is 17.7. The summed E-state index contributed by atoms with van der Waals surface area (Å²) in [6.45, 7) is 7.03. The zero-order valence-corrected chi connectivity index (χ0v) is 15.1. The van der Waals surface area contributed by atoms with Gasteiger partial charge in [0.25, 0.3) is 0 Å². The van der Waals surface area contributed by atoms with E-state index in [4.69, 9.17) is 15.3 Å². The second kappa shape index (κ2) is 7.38. The van der Waals surface area contributed by atoms with Crippen molar-refractivity contribution in [3.05, 3.63) is 34.9 Å². The van der Waals surface area contributed by atoms with Crippen LogP contribution in [-0.2, 0) is 9.47 Å². The van der Waals surface area contributed by atoms with Crippen molar-refractivity contribution in [1.82, 2.24) is 0 Å². The van der Waals surface area contributed by atoms with Crippen LogP contribution in [0.25, 0.3) is 0 Å². The van der Waals surface area contributed by atoms with E-state index in [9.17, 15) is 0 Å². The number of hydrogen-bond donors (Lipinski definition) is 1. The molecule has 1 aliphatic carbocycles. The van der Waals surface area contributed by atoms with Crippen LogP contribution in [0.15, 0.2) is 28.3 Å². The van der Waals surface area contributed by atoms with E-state index in [0.29, 0.717) is 24.8 Å². The molecule has 5 nitrogen and oxygen atoms in total. The van der Waals surface area contributed by atoms with Crippen LogP contribution < -0.4 is 5.84 Å². The maximum Gasteiger partial charge on any atom is 0.177 e. The summed E-state index contributed by atoms with van der Waals surface area (Å²) in [5.74, 6) is 12.7. The zero-order valence-electron chi connectivity index (χ0n) is 15.1. The first-order valence-corrected chi connectivity index (χ1v) is 8.66. The van der Waals surface area contributed by atoms with Crippen molar-refractivity contribution in [1.29, 1.82) is 0 Å². The second-order valence-corrected chi connectivity index (χ2v) is 7.20. The molecule has 1 aliphatic heterocycles. The quantitative estimate of drug-likeness (QED) is 0.397. The van der Waals surface area contributed by atoms with Crippen LogP contribution in [0.1, 0.15) is 43.4 Å². The van der Waals surface area contributed by atoms with Gasteiger partial charge in [0.05, 0.1) is 18.8 Å². The molecule has 132 valence electrons. The number of aryl methyl sites for hydroxylation is 1. The Morgan fingerprint density at radius 2 is 2.20 bits per heavy atom. The van der Waals surface area contributed by atoms with Crippen LogP contribution in [0.3, 0.4) is 0 Å². The molecule has 0 amide bonds. The van der Waals surface area contributed by atoms with E-state index < -0.39 is 0 Å². The minimum Gasteiger partial charge on any atom is -0.348 e. The lowest BCUT2D eigenvalue weighted by Gasteiger charge is -2.14. The third-order valence-electron chi connectivity index (χ3n) is 4.17. The number of nitrogens with two attached hydrogens (primary N) is 1. The van der Waals surface area contributed by atoms with Gasteiger partial charge in [-0.25, -0.2) is 0 Å². The lowest BCUT2D eigenvalue weighted by atomic mass is 10.0. The van der Waals surface area contributed by atoms with Gasteiger partial charge in [-0.3, -0.25) is 4.99 Å². The summed E-state index contributed by atoms with van der Waals surface area (Å²) < 4.78 is 11.3. The Morgan fingerprint density at radius 1 is 1.40 bits per heavy atom. The first-order chi connectivity index (χ1) is 12.0. The summed E-state index contributed by atoms with van der Waals surface area (Å²) in [6, 6.07) is 6.06. The molecule has 1 heterocycles. The topological polar surface area (TPSA) is 69.2 Å². The summed E-state index contributed by atoms with van der Waals surface area (Å²) in [6.07, 6.45) is 3.83. The minimum atomic E-state index is -0.313. The highest BCUT2D eigenvalue weighted by Gasteiger charge is 2.32. The van der Waals surface area contributed by atoms with Crippen LogP contribution in [-0.4, -0.2) is 37.0 Å². The average molecular weight is 339 g/mol. The fourth-order valence-electron chi connectivity index (χ4n) is 2.65. The molecule has 0 spiro atoms. The number of benzene rings is 1. The number of hydrogen-bond acceptors (Lipinski definition) is 5. The molecule has 1 saturated heterocycles. The van der Waals surface area contributed by atoms with Crippen LogP contribution in [0, 0.1) is 24.7 Å². The van der Waals surface area contributed by atoms with Crippen molar-refractivity contribution < 1.29 is 9.47 Å². The molecule has 5 heteroatoms. The van der Waals surface area contributed by atoms with Gasteiger partial charge in [-0.2, -0.15) is 5.10 Å². The highest BCUT2D eigenvalue weighted by Crippen LogP contribution is 2.27. The SMILES string of the molecule is Cc1cc(C#CC2CC2)ccc1/C(C=NCC1OCC(C)(C)O1)=N/N. The van der Waals surface area contributed by atoms with Gasteiger partial charge < -0.3 is 15.3 Å².